The van der Waals surface area contributed by atoms with Crippen LogP contribution in [0.5, 0.6) is 0 Å². The molecule has 0 aromatic heterocycles. The van der Waals surface area contributed by atoms with Gasteiger partial charge in [0.15, 0.2) is 0 Å². The Labute approximate surface area is 83.9 Å². The summed E-state index contributed by atoms with van der Waals surface area (Å²) in [6, 6.07) is 6.67. The Kier molecular flexibility index (Phi) is 2.68. The molecule has 1 aromatic carbocycles. The van der Waals surface area contributed by atoms with Gasteiger partial charge in [0.1, 0.15) is 5.82 Å². The molecule has 2 rings (SSSR count). The van der Waals surface area contributed by atoms with Gasteiger partial charge in [-0.15, -0.1) is 0 Å². The zero-order valence-electron chi connectivity index (χ0n) is 8.12. The molecular weight excluding hydrogens is 179 g/mol. The summed E-state index contributed by atoms with van der Waals surface area (Å²) in [6.07, 6.45) is 0. The Bertz CT molecular complexity index is 289. The summed E-state index contributed by atoms with van der Waals surface area (Å²) >= 11 is 0. The maximum atomic E-state index is 12.7. The smallest absolute Gasteiger partial charge is 0.123 e. The van der Waals surface area contributed by atoms with Crippen LogP contribution < -0.4 is 4.90 Å². The van der Waals surface area contributed by atoms with Crippen LogP contribution in [0.15, 0.2) is 24.3 Å². The summed E-state index contributed by atoms with van der Waals surface area (Å²) in [5.74, 6) is -0.176. The lowest BCUT2D eigenvalue weighted by Gasteiger charge is -2.33. The molecule has 0 spiro atoms. The van der Waals surface area contributed by atoms with Gasteiger partial charge < -0.3 is 4.90 Å². The predicted molar refractivity (Wildman–Crippen MR) is 55.5 cm³/mol. The molecular formula is C11H14FN2. The Morgan fingerprint density at radius 2 is 1.57 bits per heavy atom. The molecule has 1 aliphatic rings. The molecule has 0 bridgehead atoms. The van der Waals surface area contributed by atoms with Crippen molar-refractivity contribution < 1.29 is 4.39 Å². The van der Waals surface area contributed by atoms with Gasteiger partial charge in [0.25, 0.3) is 0 Å². The van der Waals surface area contributed by atoms with Gasteiger partial charge in [0.2, 0.25) is 0 Å². The fraction of sp³-hybridized carbons (Fsp3) is 0.364. The highest BCUT2D eigenvalue weighted by molar-refractivity contribution is 5.46. The van der Waals surface area contributed by atoms with E-state index in [0.717, 1.165) is 31.9 Å². The Morgan fingerprint density at radius 1 is 1.00 bits per heavy atom. The number of halogens is 1. The fourth-order valence-corrected chi connectivity index (χ4v) is 1.66. The maximum absolute atomic E-state index is 12.7. The largest absolute Gasteiger partial charge is 0.369 e. The van der Waals surface area contributed by atoms with Gasteiger partial charge in [-0.2, -0.15) is 0 Å². The third-order valence-corrected chi connectivity index (χ3v) is 2.56. The van der Waals surface area contributed by atoms with Crippen LogP contribution in [0.3, 0.4) is 0 Å². The molecule has 1 aromatic rings. The van der Waals surface area contributed by atoms with Gasteiger partial charge in [0.05, 0.1) is 0 Å². The normalized spacial score (nSPS) is 18.6. The van der Waals surface area contributed by atoms with Crippen LogP contribution in [0.25, 0.3) is 0 Å². The van der Waals surface area contributed by atoms with E-state index in [-0.39, 0.29) is 5.82 Å². The minimum atomic E-state index is -0.176. The van der Waals surface area contributed by atoms with Crippen molar-refractivity contribution in [3.05, 3.63) is 37.1 Å². The van der Waals surface area contributed by atoms with Crippen molar-refractivity contribution in [2.24, 2.45) is 0 Å². The van der Waals surface area contributed by atoms with Crippen molar-refractivity contribution in [1.82, 2.24) is 4.90 Å². The van der Waals surface area contributed by atoms with Gasteiger partial charge in [-0.1, -0.05) is 0 Å². The Hall–Kier alpha value is -1.09. The summed E-state index contributed by atoms with van der Waals surface area (Å²) in [6.45, 7) is 3.87. The average molecular weight is 193 g/mol. The van der Waals surface area contributed by atoms with E-state index in [2.05, 4.69) is 16.8 Å². The van der Waals surface area contributed by atoms with Crippen LogP contribution in [0.4, 0.5) is 10.1 Å². The number of benzene rings is 1. The quantitative estimate of drug-likeness (QED) is 0.670. The molecule has 1 saturated heterocycles. The van der Waals surface area contributed by atoms with E-state index in [1.807, 2.05) is 12.1 Å². The lowest BCUT2D eigenvalue weighted by Crippen LogP contribution is -2.43. The number of nitrogens with zero attached hydrogens (tertiary/aromatic N) is 2. The molecule has 0 atom stereocenters. The molecule has 0 aliphatic carbocycles. The van der Waals surface area contributed by atoms with Crippen molar-refractivity contribution in [1.29, 1.82) is 0 Å². The van der Waals surface area contributed by atoms with E-state index in [0.29, 0.717) is 0 Å². The minimum absolute atomic E-state index is 0.176. The second-order valence-corrected chi connectivity index (χ2v) is 3.58. The third-order valence-electron chi connectivity index (χ3n) is 2.56. The van der Waals surface area contributed by atoms with Crippen LogP contribution in [0, 0.1) is 12.9 Å². The number of hydrogen-bond acceptors (Lipinski definition) is 2. The topological polar surface area (TPSA) is 6.48 Å². The zero-order chi connectivity index (χ0) is 9.97. The molecule has 0 N–H and O–H groups in total. The van der Waals surface area contributed by atoms with Crippen LogP contribution >= 0.6 is 0 Å². The van der Waals surface area contributed by atoms with Crippen molar-refractivity contribution in [3.8, 4) is 0 Å². The molecule has 1 heterocycles. The SMILES string of the molecule is [CH2]N1CCN(c2ccc(F)cc2)CC1. The lowest BCUT2D eigenvalue weighted by molar-refractivity contribution is 0.344. The van der Waals surface area contributed by atoms with E-state index in [1.54, 1.807) is 0 Å². The summed E-state index contributed by atoms with van der Waals surface area (Å²) in [4.78, 5) is 4.31. The molecule has 0 amide bonds. The second kappa shape index (κ2) is 3.96. The molecule has 2 nitrogen and oxygen atoms in total. The number of hydrogen-bond donors (Lipinski definition) is 0. The van der Waals surface area contributed by atoms with E-state index in [9.17, 15) is 4.39 Å². The molecule has 0 unspecified atom stereocenters. The zero-order valence-corrected chi connectivity index (χ0v) is 8.12. The van der Waals surface area contributed by atoms with Crippen LogP contribution in [0.1, 0.15) is 0 Å². The van der Waals surface area contributed by atoms with E-state index in [1.165, 1.54) is 12.1 Å². The monoisotopic (exact) mass is 193 g/mol. The molecule has 1 aliphatic heterocycles. The predicted octanol–water partition coefficient (Wildman–Crippen LogP) is 1.74. The average Bonchev–Trinajstić information content (AvgIpc) is 2.21. The van der Waals surface area contributed by atoms with Gasteiger partial charge in [-0.25, -0.2) is 4.39 Å². The lowest BCUT2D eigenvalue weighted by atomic mass is 10.2. The van der Waals surface area contributed by atoms with Crippen LogP contribution in [0.2, 0.25) is 0 Å². The van der Waals surface area contributed by atoms with Gasteiger partial charge >= 0.3 is 0 Å². The molecule has 14 heavy (non-hydrogen) atoms. The maximum Gasteiger partial charge on any atom is 0.123 e. The third kappa shape index (κ3) is 2.04. The van der Waals surface area contributed by atoms with Crippen molar-refractivity contribution in [3.63, 3.8) is 0 Å². The first-order chi connectivity index (χ1) is 6.75. The van der Waals surface area contributed by atoms with Crippen molar-refractivity contribution >= 4 is 5.69 Å². The first-order valence-corrected chi connectivity index (χ1v) is 4.82. The molecule has 75 valence electrons. The summed E-state index contributed by atoms with van der Waals surface area (Å²) < 4.78 is 12.7. The first-order valence-electron chi connectivity index (χ1n) is 4.82. The van der Waals surface area contributed by atoms with Crippen LogP contribution in [-0.4, -0.2) is 31.1 Å². The highest BCUT2D eigenvalue weighted by atomic mass is 19.1. The molecule has 1 radical (unpaired) electrons. The van der Waals surface area contributed by atoms with Crippen molar-refractivity contribution in [2.75, 3.05) is 31.1 Å². The van der Waals surface area contributed by atoms with Crippen molar-refractivity contribution in [2.45, 2.75) is 0 Å². The molecule has 3 heteroatoms. The molecule has 1 fully saturated rings. The number of anilines is 1. The van der Waals surface area contributed by atoms with E-state index >= 15 is 0 Å². The summed E-state index contributed by atoms with van der Waals surface area (Å²) in [5.41, 5.74) is 1.10. The summed E-state index contributed by atoms with van der Waals surface area (Å²) in [7, 11) is 3.89. The van der Waals surface area contributed by atoms with E-state index in [4.69, 9.17) is 0 Å². The number of piperazine rings is 1. The standard InChI is InChI=1S/C11H14FN2/c1-13-6-8-14(9-7-13)11-4-2-10(12)3-5-11/h2-5H,1,6-9H2. The second-order valence-electron chi connectivity index (χ2n) is 3.58. The molecule has 0 saturated carbocycles. The highest BCUT2D eigenvalue weighted by Gasteiger charge is 2.13. The first kappa shape index (κ1) is 9.46. The highest BCUT2D eigenvalue weighted by Crippen LogP contribution is 2.16. The van der Waals surface area contributed by atoms with Gasteiger partial charge in [0, 0.05) is 38.9 Å². The van der Waals surface area contributed by atoms with Gasteiger partial charge in [-0.05, 0) is 24.3 Å². The van der Waals surface area contributed by atoms with Crippen LogP contribution in [-0.2, 0) is 0 Å². The Balaban J connectivity index is 2.05. The number of rotatable bonds is 1. The summed E-state index contributed by atoms with van der Waals surface area (Å²) in [5, 5.41) is 0. The minimum Gasteiger partial charge on any atom is -0.369 e. The Morgan fingerprint density at radius 3 is 2.14 bits per heavy atom. The van der Waals surface area contributed by atoms with Gasteiger partial charge in [-0.3, -0.25) is 4.90 Å². The fourth-order valence-electron chi connectivity index (χ4n) is 1.66. The van der Waals surface area contributed by atoms with E-state index < -0.39 is 0 Å².